The van der Waals surface area contributed by atoms with E-state index in [1.54, 1.807) is 17.1 Å². The topological polar surface area (TPSA) is 102 Å². The predicted molar refractivity (Wildman–Crippen MR) is 95.9 cm³/mol. The Balaban J connectivity index is 1.59. The van der Waals surface area contributed by atoms with Gasteiger partial charge in [0.2, 0.25) is 0 Å². The number of aromatic nitrogens is 2. The number of hydrazone groups is 1. The first-order valence-corrected chi connectivity index (χ1v) is 7.76. The van der Waals surface area contributed by atoms with Crippen LogP contribution in [0.1, 0.15) is 21.5 Å². The van der Waals surface area contributed by atoms with E-state index in [0.717, 1.165) is 11.1 Å². The molecule has 0 radical (unpaired) electrons. The smallest absolute Gasteiger partial charge is 0.268 e. The molecule has 0 aliphatic carbocycles. The van der Waals surface area contributed by atoms with Crippen LogP contribution in [0.4, 0.5) is 5.69 Å². The average Bonchev–Trinajstić information content (AvgIpc) is 3.09. The van der Waals surface area contributed by atoms with Gasteiger partial charge in [-0.05, 0) is 11.6 Å². The number of carbonyl (C=O) groups excluding carboxylic acids is 1. The Morgan fingerprint density at radius 3 is 2.81 bits per heavy atom. The molecule has 3 aromatic rings. The molecule has 0 atom stereocenters. The number of nitrogens with one attached hydrogen (secondary N) is 1. The van der Waals surface area contributed by atoms with E-state index >= 15 is 0 Å². The van der Waals surface area contributed by atoms with E-state index < -0.39 is 10.8 Å². The molecule has 26 heavy (non-hydrogen) atoms. The van der Waals surface area contributed by atoms with E-state index in [2.05, 4.69) is 15.6 Å². The van der Waals surface area contributed by atoms with Gasteiger partial charge in [-0.3, -0.25) is 19.6 Å². The molecule has 0 saturated carbocycles. The molecular formula is C18H15N5O3. The maximum Gasteiger partial charge on any atom is 0.271 e. The number of hydrogen-bond acceptors (Lipinski definition) is 5. The second-order valence-electron chi connectivity index (χ2n) is 5.46. The molecule has 130 valence electrons. The van der Waals surface area contributed by atoms with Crippen LogP contribution in [0.3, 0.4) is 0 Å². The summed E-state index contributed by atoms with van der Waals surface area (Å²) in [7, 11) is 0. The van der Waals surface area contributed by atoms with Gasteiger partial charge in [0.15, 0.2) is 0 Å². The number of hydrogen-bond donors (Lipinski definition) is 1. The number of amides is 1. The van der Waals surface area contributed by atoms with Crippen LogP contribution >= 0.6 is 0 Å². The van der Waals surface area contributed by atoms with Gasteiger partial charge in [-0.1, -0.05) is 36.4 Å². The van der Waals surface area contributed by atoms with Crippen LogP contribution in [-0.2, 0) is 6.54 Å². The standard InChI is InChI=1S/C18H15N5O3/c24-18(16-7-4-8-17(9-16)23(25)26)21-19-10-15-11-20-22(13-15)12-14-5-2-1-3-6-14/h1-11,13H,12H2,(H,21,24)/b19-10-. The van der Waals surface area contributed by atoms with Crippen molar-refractivity contribution < 1.29 is 9.72 Å². The first-order chi connectivity index (χ1) is 12.6. The highest BCUT2D eigenvalue weighted by Crippen LogP contribution is 2.12. The molecule has 3 rings (SSSR count). The normalized spacial score (nSPS) is 10.8. The maximum absolute atomic E-state index is 12.0. The Labute approximate surface area is 148 Å². The molecule has 8 nitrogen and oxygen atoms in total. The lowest BCUT2D eigenvalue weighted by atomic mass is 10.2. The summed E-state index contributed by atoms with van der Waals surface area (Å²) in [5.41, 5.74) is 4.20. The molecule has 0 bridgehead atoms. The summed E-state index contributed by atoms with van der Waals surface area (Å²) in [6.07, 6.45) is 4.89. The molecule has 0 aliphatic rings. The van der Waals surface area contributed by atoms with Crippen molar-refractivity contribution in [1.29, 1.82) is 0 Å². The van der Waals surface area contributed by atoms with E-state index in [-0.39, 0.29) is 11.3 Å². The molecule has 0 fully saturated rings. The third-order valence-electron chi connectivity index (χ3n) is 3.54. The summed E-state index contributed by atoms with van der Waals surface area (Å²) in [6.45, 7) is 0.634. The third-order valence-corrected chi connectivity index (χ3v) is 3.54. The van der Waals surface area contributed by atoms with Crippen LogP contribution in [0.25, 0.3) is 0 Å². The number of nitro groups is 1. The Morgan fingerprint density at radius 2 is 2.04 bits per heavy atom. The van der Waals surface area contributed by atoms with E-state index in [4.69, 9.17) is 0 Å². The molecule has 0 saturated heterocycles. The zero-order chi connectivity index (χ0) is 18.4. The van der Waals surface area contributed by atoms with Crippen molar-refractivity contribution in [2.45, 2.75) is 6.54 Å². The van der Waals surface area contributed by atoms with Crippen molar-refractivity contribution in [3.8, 4) is 0 Å². The van der Waals surface area contributed by atoms with Crippen molar-refractivity contribution >= 4 is 17.8 Å². The maximum atomic E-state index is 12.0. The summed E-state index contributed by atoms with van der Waals surface area (Å²) >= 11 is 0. The summed E-state index contributed by atoms with van der Waals surface area (Å²) in [5.74, 6) is -0.526. The van der Waals surface area contributed by atoms with Crippen molar-refractivity contribution in [3.63, 3.8) is 0 Å². The number of nitro benzene ring substituents is 1. The molecule has 1 N–H and O–H groups in total. The molecule has 1 aromatic heterocycles. The molecule has 1 amide bonds. The van der Waals surface area contributed by atoms with Crippen LogP contribution in [0.15, 0.2) is 72.1 Å². The molecule has 0 unspecified atom stereocenters. The van der Waals surface area contributed by atoms with Gasteiger partial charge in [0, 0.05) is 29.5 Å². The number of carbonyl (C=O) groups is 1. The second kappa shape index (κ2) is 7.84. The average molecular weight is 349 g/mol. The second-order valence-corrected chi connectivity index (χ2v) is 5.46. The minimum Gasteiger partial charge on any atom is -0.268 e. The highest BCUT2D eigenvalue weighted by atomic mass is 16.6. The summed E-state index contributed by atoms with van der Waals surface area (Å²) in [4.78, 5) is 22.2. The lowest BCUT2D eigenvalue weighted by Crippen LogP contribution is -2.17. The van der Waals surface area contributed by atoms with Gasteiger partial charge < -0.3 is 0 Å². The Morgan fingerprint density at radius 1 is 1.23 bits per heavy atom. The minimum atomic E-state index is -0.554. The van der Waals surface area contributed by atoms with Gasteiger partial charge in [-0.25, -0.2) is 5.43 Å². The van der Waals surface area contributed by atoms with Gasteiger partial charge in [0.05, 0.1) is 23.9 Å². The summed E-state index contributed by atoms with van der Waals surface area (Å²) in [5, 5.41) is 18.8. The van der Waals surface area contributed by atoms with Crippen molar-refractivity contribution in [2.75, 3.05) is 0 Å². The summed E-state index contributed by atoms with van der Waals surface area (Å²) in [6, 6.07) is 15.3. The number of rotatable bonds is 6. The largest absolute Gasteiger partial charge is 0.271 e. The molecule has 0 aliphatic heterocycles. The fraction of sp³-hybridized carbons (Fsp3) is 0.0556. The first-order valence-electron chi connectivity index (χ1n) is 7.76. The number of nitrogens with zero attached hydrogens (tertiary/aromatic N) is 4. The Kier molecular flexibility index (Phi) is 5.14. The fourth-order valence-corrected chi connectivity index (χ4v) is 2.29. The van der Waals surface area contributed by atoms with Gasteiger partial charge in [0.1, 0.15) is 0 Å². The van der Waals surface area contributed by atoms with Gasteiger partial charge >= 0.3 is 0 Å². The van der Waals surface area contributed by atoms with E-state index in [1.165, 1.54) is 30.5 Å². The molecule has 0 spiro atoms. The molecule has 2 aromatic carbocycles. The van der Waals surface area contributed by atoms with Crippen LogP contribution in [0, 0.1) is 10.1 Å². The van der Waals surface area contributed by atoms with Gasteiger partial charge in [-0.2, -0.15) is 10.2 Å². The minimum absolute atomic E-state index is 0.149. The monoisotopic (exact) mass is 349 g/mol. The lowest BCUT2D eigenvalue weighted by Gasteiger charge is -2.00. The number of non-ortho nitro benzene ring substituents is 1. The van der Waals surface area contributed by atoms with Crippen LogP contribution < -0.4 is 5.43 Å². The number of benzene rings is 2. The first kappa shape index (κ1) is 17.0. The highest BCUT2D eigenvalue weighted by Gasteiger charge is 2.10. The quantitative estimate of drug-likeness (QED) is 0.420. The van der Waals surface area contributed by atoms with Crippen molar-refractivity contribution in [3.05, 3.63) is 93.8 Å². The van der Waals surface area contributed by atoms with E-state index in [1.807, 2.05) is 30.3 Å². The molecule has 8 heteroatoms. The molecule has 1 heterocycles. The summed E-state index contributed by atoms with van der Waals surface area (Å²) < 4.78 is 1.76. The van der Waals surface area contributed by atoms with Crippen molar-refractivity contribution in [1.82, 2.24) is 15.2 Å². The Bertz CT molecular complexity index is 950. The van der Waals surface area contributed by atoms with Gasteiger partial charge in [0.25, 0.3) is 11.6 Å². The highest BCUT2D eigenvalue weighted by molar-refractivity contribution is 5.95. The van der Waals surface area contributed by atoms with Crippen LogP contribution in [0.5, 0.6) is 0 Å². The third kappa shape index (κ3) is 4.38. The lowest BCUT2D eigenvalue weighted by molar-refractivity contribution is -0.384. The zero-order valence-electron chi connectivity index (χ0n) is 13.6. The van der Waals surface area contributed by atoms with Crippen molar-refractivity contribution in [2.24, 2.45) is 5.10 Å². The van der Waals surface area contributed by atoms with Crippen LogP contribution in [0.2, 0.25) is 0 Å². The van der Waals surface area contributed by atoms with E-state index in [9.17, 15) is 14.9 Å². The fourth-order valence-electron chi connectivity index (χ4n) is 2.29. The predicted octanol–water partition coefficient (Wildman–Crippen LogP) is 2.60. The van der Waals surface area contributed by atoms with Crippen LogP contribution in [-0.4, -0.2) is 26.8 Å². The zero-order valence-corrected chi connectivity index (χ0v) is 13.6. The van der Waals surface area contributed by atoms with E-state index in [0.29, 0.717) is 6.54 Å². The Hall–Kier alpha value is -3.81. The van der Waals surface area contributed by atoms with Gasteiger partial charge in [-0.15, -0.1) is 0 Å². The molecular weight excluding hydrogens is 334 g/mol. The SMILES string of the molecule is O=C(N/N=C\c1cnn(Cc2ccccc2)c1)c1cccc([N+](=O)[O-])c1.